The summed E-state index contributed by atoms with van der Waals surface area (Å²) in [5.74, 6) is -0.395. The summed E-state index contributed by atoms with van der Waals surface area (Å²) in [6.45, 7) is 8.05. The Morgan fingerprint density at radius 3 is 2.59 bits per heavy atom. The molecule has 6 heteroatoms. The molecule has 0 atom stereocenters. The molecule has 0 aliphatic carbocycles. The first-order chi connectivity index (χ1) is 8.01. The first kappa shape index (κ1) is 15.6. The monoisotopic (exact) mass is 243 g/mol. The number of nitrogens with one attached hydrogen (secondary N) is 2. The van der Waals surface area contributed by atoms with Crippen LogP contribution in [0.2, 0.25) is 0 Å². The topological polar surface area (TPSA) is 81.7 Å². The lowest BCUT2D eigenvalue weighted by Crippen LogP contribution is -2.46. The minimum absolute atomic E-state index is 0.0197. The zero-order valence-corrected chi connectivity index (χ0v) is 10.4. The Hall–Kier alpha value is -1.40. The van der Waals surface area contributed by atoms with E-state index in [0.29, 0.717) is 13.1 Å². The van der Waals surface area contributed by atoms with E-state index in [0.717, 1.165) is 0 Å². The van der Waals surface area contributed by atoms with Gasteiger partial charge in [0, 0.05) is 19.1 Å². The predicted molar refractivity (Wildman–Crippen MR) is 65.5 cm³/mol. The maximum Gasteiger partial charge on any atom is 0.321 e. The maximum atomic E-state index is 11.5. The molecule has 0 radical (unpaired) electrons. The van der Waals surface area contributed by atoms with Gasteiger partial charge in [-0.25, -0.2) is 4.79 Å². The number of amides is 3. The summed E-state index contributed by atoms with van der Waals surface area (Å²) in [5, 5.41) is 13.5. The first-order valence-electron chi connectivity index (χ1n) is 5.54. The van der Waals surface area contributed by atoms with Gasteiger partial charge < -0.3 is 10.4 Å². The van der Waals surface area contributed by atoms with Gasteiger partial charge in [0.1, 0.15) is 0 Å². The van der Waals surface area contributed by atoms with Gasteiger partial charge in [-0.2, -0.15) is 0 Å². The molecule has 0 saturated carbocycles. The molecule has 3 amide bonds. The lowest BCUT2D eigenvalue weighted by molar-refractivity contribution is -0.121. The van der Waals surface area contributed by atoms with E-state index in [2.05, 4.69) is 17.2 Å². The van der Waals surface area contributed by atoms with Gasteiger partial charge in [-0.05, 0) is 13.8 Å². The molecule has 0 heterocycles. The van der Waals surface area contributed by atoms with Gasteiger partial charge in [0.05, 0.1) is 13.2 Å². The molecule has 0 bridgehead atoms. The van der Waals surface area contributed by atoms with Crippen molar-refractivity contribution in [3.8, 4) is 0 Å². The second-order valence-electron chi connectivity index (χ2n) is 3.83. The van der Waals surface area contributed by atoms with Crippen LogP contribution in [0.4, 0.5) is 4.79 Å². The molecule has 0 aliphatic rings. The number of aliphatic hydroxyl groups is 1. The highest BCUT2D eigenvalue weighted by Crippen LogP contribution is 1.96. The Morgan fingerprint density at radius 2 is 2.12 bits per heavy atom. The van der Waals surface area contributed by atoms with Crippen LogP contribution in [-0.2, 0) is 4.79 Å². The fourth-order valence-electron chi connectivity index (χ4n) is 1.21. The van der Waals surface area contributed by atoms with E-state index in [9.17, 15) is 9.59 Å². The Balaban J connectivity index is 4.05. The van der Waals surface area contributed by atoms with Crippen LogP contribution >= 0.6 is 0 Å². The average Bonchev–Trinajstić information content (AvgIpc) is 2.25. The van der Waals surface area contributed by atoms with Crippen LogP contribution in [0.25, 0.3) is 0 Å². The molecule has 0 aromatic heterocycles. The molecule has 0 saturated heterocycles. The third-order valence-corrected chi connectivity index (χ3v) is 2.12. The van der Waals surface area contributed by atoms with Crippen molar-refractivity contribution >= 4 is 11.9 Å². The highest BCUT2D eigenvalue weighted by atomic mass is 16.3. The summed E-state index contributed by atoms with van der Waals surface area (Å²) < 4.78 is 0. The molecule has 0 aliphatic heterocycles. The smallest absolute Gasteiger partial charge is 0.321 e. The Bertz CT molecular complexity index is 267. The van der Waals surface area contributed by atoms with Crippen molar-refractivity contribution < 1.29 is 14.7 Å². The Morgan fingerprint density at radius 1 is 1.47 bits per heavy atom. The molecule has 0 aromatic carbocycles. The van der Waals surface area contributed by atoms with Crippen molar-refractivity contribution in [2.75, 3.05) is 26.2 Å². The predicted octanol–water partition coefficient (Wildman–Crippen LogP) is -0.299. The van der Waals surface area contributed by atoms with E-state index >= 15 is 0 Å². The van der Waals surface area contributed by atoms with Crippen LogP contribution < -0.4 is 10.6 Å². The zero-order chi connectivity index (χ0) is 13.3. The van der Waals surface area contributed by atoms with Crippen molar-refractivity contribution in [1.82, 2.24) is 15.5 Å². The average molecular weight is 243 g/mol. The highest BCUT2D eigenvalue weighted by Gasteiger charge is 2.14. The molecule has 17 heavy (non-hydrogen) atoms. The minimum Gasteiger partial charge on any atom is -0.395 e. The van der Waals surface area contributed by atoms with Gasteiger partial charge in [-0.15, -0.1) is 6.58 Å². The van der Waals surface area contributed by atoms with Crippen molar-refractivity contribution in [3.63, 3.8) is 0 Å². The summed E-state index contributed by atoms with van der Waals surface area (Å²) in [6.07, 6.45) is 1.52. The van der Waals surface area contributed by atoms with Crippen LogP contribution in [0.3, 0.4) is 0 Å². The number of urea groups is 1. The van der Waals surface area contributed by atoms with E-state index in [4.69, 9.17) is 5.11 Å². The van der Waals surface area contributed by atoms with Gasteiger partial charge in [-0.1, -0.05) is 6.08 Å². The summed E-state index contributed by atoms with van der Waals surface area (Å²) in [4.78, 5) is 24.4. The van der Waals surface area contributed by atoms with Gasteiger partial charge in [0.2, 0.25) is 5.91 Å². The Labute approximate surface area is 102 Å². The molecule has 6 nitrogen and oxygen atoms in total. The molecule has 0 rings (SSSR count). The lowest BCUT2D eigenvalue weighted by Gasteiger charge is -2.24. The standard InChI is InChI=1S/C11H21N3O3/c1-4-5-12-11(17)13-10(16)8-14(6-7-15)9(2)3/h4,9,15H,1,5-8H2,2-3H3,(H2,12,13,16,17). The second kappa shape index (κ2) is 8.72. The second-order valence-corrected chi connectivity index (χ2v) is 3.83. The van der Waals surface area contributed by atoms with E-state index in [1.165, 1.54) is 6.08 Å². The largest absolute Gasteiger partial charge is 0.395 e. The summed E-state index contributed by atoms with van der Waals surface area (Å²) in [5.41, 5.74) is 0. The van der Waals surface area contributed by atoms with E-state index < -0.39 is 11.9 Å². The zero-order valence-electron chi connectivity index (χ0n) is 10.4. The fourth-order valence-corrected chi connectivity index (χ4v) is 1.21. The quantitative estimate of drug-likeness (QED) is 0.536. The number of carbonyl (C=O) groups is 2. The first-order valence-corrected chi connectivity index (χ1v) is 5.54. The number of imide groups is 1. The molecular formula is C11H21N3O3. The number of aliphatic hydroxyl groups excluding tert-OH is 1. The third kappa shape index (κ3) is 7.48. The lowest BCUT2D eigenvalue weighted by atomic mass is 10.3. The maximum absolute atomic E-state index is 11.5. The summed E-state index contributed by atoms with van der Waals surface area (Å²) in [6, 6.07) is -0.410. The van der Waals surface area contributed by atoms with Gasteiger partial charge >= 0.3 is 6.03 Å². The van der Waals surface area contributed by atoms with Crippen molar-refractivity contribution in [1.29, 1.82) is 0 Å². The molecule has 0 spiro atoms. The molecule has 3 N–H and O–H groups in total. The van der Waals surface area contributed by atoms with Crippen molar-refractivity contribution in [2.24, 2.45) is 0 Å². The van der Waals surface area contributed by atoms with Gasteiger partial charge in [-0.3, -0.25) is 15.0 Å². The fraction of sp³-hybridized carbons (Fsp3) is 0.636. The van der Waals surface area contributed by atoms with Gasteiger partial charge in [0.15, 0.2) is 0 Å². The number of nitrogens with zero attached hydrogens (tertiary/aromatic N) is 1. The molecule has 0 aromatic rings. The van der Waals surface area contributed by atoms with Crippen LogP contribution in [0.5, 0.6) is 0 Å². The molecule has 0 unspecified atom stereocenters. The minimum atomic E-state index is -0.539. The highest BCUT2D eigenvalue weighted by molar-refractivity contribution is 5.95. The molecule has 0 fully saturated rings. The SMILES string of the molecule is C=CCNC(=O)NC(=O)CN(CCO)C(C)C. The summed E-state index contributed by atoms with van der Waals surface area (Å²) >= 11 is 0. The molecule has 98 valence electrons. The number of hydrogen-bond acceptors (Lipinski definition) is 4. The number of carbonyl (C=O) groups excluding carboxylic acids is 2. The van der Waals surface area contributed by atoms with Crippen LogP contribution in [0.1, 0.15) is 13.8 Å². The van der Waals surface area contributed by atoms with Gasteiger partial charge in [0.25, 0.3) is 0 Å². The van der Waals surface area contributed by atoms with Crippen LogP contribution in [0, 0.1) is 0 Å². The third-order valence-electron chi connectivity index (χ3n) is 2.12. The van der Waals surface area contributed by atoms with E-state index in [1.807, 2.05) is 13.8 Å². The molecular weight excluding hydrogens is 222 g/mol. The van der Waals surface area contributed by atoms with Crippen LogP contribution in [-0.4, -0.2) is 54.2 Å². The Kier molecular flexibility index (Phi) is 8.00. The summed E-state index contributed by atoms with van der Waals surface area (Å²) in [7, 11) is 0. The number of rotatable bonds is 7. The van der Waals surface area contributed by atoms with E-state index in [-0.39, 0.29) is 19.2 Å². The van der Waals surface area contributed by atoms with Crippen molar-refractivity contribution in [2.45, 2.75) is 19.9 Å². The normalized spacial score (nSPS) is 10.4. The van der Waals surface area contributed by atoms with E-state index in [1.54, 1.807) is 4.90 Å². The number of hydrogen-bond donors (Lipinski definition) is 3. The van der Waals surface area contributed by atoms with Crippen LogP contribution in [0.15, 0.2) is 12.7 Å². The van der Waals surface area contributed by atoms with Crippen molar-refractivity contribution in [3.05, 3.63) is 12.7 Å².